The van der Waals surface area contributed by atoms with Crippen LogP contribution < -0.4 is 5.32 Å². The van der Waals surface area contributed by atoms with Crippen molar-refractivity contribution in [2.75, 3.05) is 20.1 Å². The van der Waals surface area contributed by atoms with Crippen molar-refractivity contribution in [3.63, 3.8) is 0 Å². The Labute approximate surface area is 91.6 Å². The quantitative estimate of drug-likeness (QED) is 0.657. The van der Waals surface area contributed by atoms with Crippen LogP contribution in [-0.4, -0.2) is 48.2 Å². The maximum absolute atomic E-state index is 10.6. The highest BCUT2D eigenvalue weighted by atomic mass is 16.4. The Hall–Kier alpha value is -0.610. The Morgan fingerprint density at radius 2 is 2.07 bits per heavy atom. The Balaban J connectivity index is 2.10. The number of nitrogens with one attached hydrogen (secondary N) is 1. The molecule has 0 radical (unpaired) electrons. The largest absolute Gasteiger partial charge is 0.481 e. The van der Waals surface area contributed by atoms with Gasteiger partial charge in [0.1, 0.15) is 0 Å². The molecule has 0 bridgehead atoms. The van der Waals surface area contributed by atoms with E-state index in [-0.39, 0.29) is 5.92 Å². The van der Waals surface area contributed by atoms with Crippen LogP contribution in [0.4, 0.5) is 0 Å². The van der Waals surface area contributed by atoms with Gasteiger partial charge in [0.2, 0.25) is 0 Å². The minimum Gasteiger partial charge on any atom is -0.481 e. The number of hydrogen-bond acceptors (Lipinski definition) is 3. The zero-order valence-electron chi connectivity index (χ0n) is 9.86. The standard InChI is InChI=1S/C11H22N2O2/c1-8(11(14)15)6-12-7-9(2)13(3)10-4-5-10/h8-10,12H,4-7H2,1-3H3,(H,14,15). The molecule has 0 aromatic carbocycles. The van der Waals surface area contributed by atoms with Crippen LogP contribution in [0.2, 0.25) is 0 Å². The van der Waals surface area contributed by atoms with Crippen LogP contribution in [0.1, 0.15) is 26.7 Å². The predicted octanol–water partition coefficient (Wildman–Crippen LogP) is 0.779. The third kappa shape index (κ3) is 4.18. The number of aliphatic carboxylic acids is 1. The fourth-order valence-electron chi connectivity index (χ4n) is 1.58. The molecule has 1 aliphatic rings. The van der Waals surface area contributed by atoms with Gasteiger partial charge in [-0.25, -0.2) is 0 Å². The number of carboxylic acids is 1. The molecule has 88 valence electrons. The zero-order valence-corrected chi connectivity index (χ0v) is 9.86. The number of hydrogen-bond donors (Lipinski definition) is 2. The predicted molar refractivity (Wildman–Crippen MR) is 59.9 cm³/mol. The molecule has 1 saturated carbocycles. The van der Waals surface area contributed by atoms with Gasteiger partial charge in [-0.3, -0.25) is 9.69 Å². The van der Waals surface area contributed by atoms with Gasteiger partial charge >= 0.3 is 5.97 Å². The fraction of sp³-hybridized carbons (Fsp3) is 0.909. The molecule has 0 aromatic rings. The number of likely N-dealkylation sites (N-methyl/N-ethyl adjacent to an activating group) is 1. The molecule has 1 fully saturated rings. The molecule has 2 atom stereocenters. The molecule has 1 rings (SSSR count). The maximum atomic E-state index is 10.6. The second-order valence-corrected chi connectivity index (χ2v) is 4.64. The van der Waals surface area contributed by atoms with Crippen LogP contribution in [0.5, 0.6) is 0 Å². The second-order valence-electron chi connectivity index (χ2n) is 4.64. The minimum atomic E-state index is -0.731. The zero-order chi connectivity index (χ0) is 11.4. The van der Waals surface area contributed by atoms with Gasteiger partial charge in [-0.1, -0.05) is 6.92 Å². The van der Waals surface area contributed by atoms with Gasteiger partial charge in [0, 0.05) is 25.2 Å². The lowest BCUT2D eigenvalue weighted by molar-refractivity contribution is -0.140. The molecule has 2 N–H and O–H groups in total. The van der Waals surface area contributed by atoms with Gasteiger partial charge in [-0.2, -0.15) is 0 Å². The second kappa shape index (κ2) is 5.47. The van der Waals surface area contributed by atoms with Gasteiger partial charge in [0.15, 0.2) is 0 Å². The van der Waals surface area contributed by atoms with Crippen LogP contribution in [0, 0.1) is 5.92 Å². The molecule has 4 heteroatoms. The molecule has 0 aliphatic heterocycles. The first-order chi connectivity index (χ1) is 7.02. The molecule has 0 spiro atoms. The highest BCUT2D eigenvalue weighted by molar-refractivity contribution is 5.69. The molecule has 15 heavy (non-hydrogen) atoms. The lowest BCUT2D eigenvalue weighted by Gasteiger charge is -2.25. The number of carbonyl (C=O) groups is 1. The van der Waals surface area contributed by atoms with Gasteiger partial charge in [0.05, 0.1) is 5.92 Å². The average molecular weight is 214 g/mol. The van der Waals surface area contributed by atoms with Crippen molar-refractivity contribution in [2.24, 2.45) is 5.92 Å². The summed E-state index contributed by atoms with van der Waals surface area (Å²) in [7, 11) is 2.14. The van der Waals surface area contributed by atoms with E-state index in [9.17, 15) is 4.79 Å². The summed E-state index contributed by atoms with van der Waals surface area (Å²) in [5.74, 6) is -1.03. The van der Waals surface area contributed by atoms with Gasteiger partial charge in [-0.15, -0.1) is 0 Å². The minimum absolute atomic E-state index is 0.302. The van der Waals surface area contributed by atoms with Crippen LogP contribution in [0.3, 0.4) is 0 Å². The van der Waals surface area contributed by atoms with E-state index in [4.69, 9.17) is 5.11 Å². The molecular formula is C11H22N2O2. The van der Waals surface area contributed by atoms with E-state index in [2.05, 4.69) is 24.2 Å². The lowest BCUT2D eigenvalue weighted by atomic mass is 10.2. The third-order valence-corrected chi connectivity index (χ3v) is 3.13. The van der Waals surface area contributed by atoms with Crippen molar-refractivity contribution in [1.29, 1.82) is 0 Å². The molecular weight excluding hydrogens is 192 g/mol. The number of rotatable bonds is 7. The summed E-state index contributed by atoms with van der Waals surface area (Å²) in [4.78, 5) is 13.0. The van der Waals surface area contributed by atoms with Crippen molar-refractivity contribution < 1.29 is 9.90 Å². The summed E-state index contributed by atoms with van der Waals surface area (Å²) in [6.07, 6.45) is 2.62. The Bertz CT molecular complexity index is 217. The summed E-state index contributed by atoms with van der Waals surface area (Å²) >= 11 is 0. The van der Waals surface area contributed by atoms with E-state index in [1.165, 1.54) is 12.8 Å². The summed E-state index contributed by atoms with van der Waals surface area (Å²) in [5, 5.41) is 11.9. The summed E-state index contributed by atoms with van der Waals surface area (Å²) in [6, 6.07) is 1.25. The first-order valence-corrected chi connectivity index (χ1v) is 5.67. The highest BCUT2D eigenvalue weighted by Gasteiger charge is 2.28. The van der Waals surface area contributed by atoms with E-state index in [0.717, 1.165) is 12.6 Å². The van der Waals surface area contributed by atoms with Crippen molar-refractivity contribution in [3.8, 4) is 0 Å². The first-order valence-electron chi connectivity index (χ1n) is 5.67. The van der Waals surface area contributed by atoms with Crippen LogP contribution in [0.15, 0.2) is 0 Å². The van der Waals surface area contributed by atoms with Crippen LogP contribution in [-0.2, 0) is 4.79 Å². The molecule has 2 unspecified atom stereocenters. The molecule has 0 aromatic heterocycles. The van der Waals surface area contributed by atoms with Crippen LogP contribution >= 0.6 is 0 Å². The molecule has 1 aliphatic carbocycles. The Morgan fingerprint density at radius 1 is 1.47 bits per heavy atom. The summed E-state index contributed by atoms with van der Waals surface area (Å²) < 4.78 is 0. The first kappa shape index (κ1) is 12.5. The maximum Gasteiger partial charge on any atom is 0.307 e. The molecule has 0 heterocycles. The van der Waals surface area contributed by atoms with E-state index < -0.39 is 5.97 Å². The summed E-state index contributed by atoms with van der Waals surface area (Å²) in [6.45, 7) is 5.32. The normalized spacial score (nSPS) is 20.3. The SMILES string of the molecule is CC(CNCC(C)N(C)C1CC1)C(=O)O. The van der Waals surface area contributed by atoms with Gasteiger partial charge in [0.25, 0.3) is 0 Å². The van der Waals surface area contributed by atoms with Crippen molar-refractivity contribution in [2.45, 2.75) is 38.8 Å². The smallest absolute Gasteiger partial charge is 0.307 e. The van der Waals surface area contributed by atoms with E-state index in [1.54, 1.807) is 6.92 Å². The molecule has 4 nitrogen and oxygen atoms in total. The number of carboxylic acid groups (broad SMARTS) is 1. The van der Waals surface area contributed by atoms with Crippen molar-refractivity contribution in [3.05, 3.63) is 0 Å². The number of nitrogens with zero attached hydrogens (tertiary/aromatic N) is 1. The lowest BCUT2D eigenvalue weighted by Crippen LogP contribution is -2.40. The molecule has 0 amide bonds. The Kier molecular flexibility index (Phi) is 4.54. The van der Waals surface area contributed by atoms with Gasteiger partial charge in [-0.05, 0) is 26.8 Å². The fourth-order valence-corrected chi connectivity index (χ4v) is 1.58. The molecule has 0 saturated heterocycles. The van der Waals surface area contributed by atoms with Gasteiger partial charge < -0.3 is 10.4 Å². The third-order valence-electron chi connectivity index (χ3n) is 3.13. The van der Waals surface area contributed by atoms with E-state index in [1.807, 2.05) is 0 Å². The topological polar surface area (TPSA) is 52.6 Å². The van der Waals surface area contributed by atoms with E-state index >= 15 is 0 Å². The van der Waals surface area contributed by atoms with Crippen molar-refractivity contribution in [1.82, 2.24) is 10.2 Å². The summed E-state index contributed by atoms with van der Waals surface area (Å²) in [5.41, 5.74) is 0. The van der Waals surface area contributed by atoms with Crippen molar-refractivity contribution >= 4 is 5.97 Å². The van der Waals surface area contributed by atoms with E-state index in [0.29, 0.717) is 12.6 Å². The highest BCUT2D eigenvalue weighted by Crippen LogP contribution is 2.26. The average Bonchev–Trinajstić information content (AvgIpc) is 2.99. The van der Waals surface area contributed by atoms with Crippen LogP contribution in [0.25, 0.3) is 0 Å². The Morgan fingerprint density at radius 3 is 2.53 bits per heavy atom. The monoisotopic (exact) mass is 214 g/mol.